The minimum Gasteiger partial charge on any atom is -0.457 e. The standard InChI is InChI=1S/C34H41FN4O5/c1-3-39(4-2)34(42)26-11-8-20-38(21-26)22-32(40)37-31(24-43-23-25-9-6-5-7-10-25)33(41)36-28-14-18-30(19-15-28)44-29-16-12-27(35)13-17-29/h5-7,9-10,12-19,26,31H,3-4,8,11,20-24H2,1-2H3,(H,36,41)(H,37,40)/t26?,31-/m0/s1. The maximum Gasteiger partial charge on any atom is 0.249 e. The van der Waals surface area contributed by atoms with Crippen molar-refractivity contribution in [1.29, 1.82) is 0 Å². The van der Waals surface area contributed by atoms with Gasteiger partial charge in [0.1, 0.15) is 23.4 Å². The Hall–Kier alpha value is -4.28. The summed E-state index contributed by atoms with van der Waals surface area (Å²) in [7, 11) is 0. The van der Waals surface area contributed by atoms with E-state index >= 15 is 0 Å². The van der Waals surface area contributed by atoms with Crippen molar-refractivity contribution in [3.8, 4) is 11.5 Å². The molecule has 10 heteroatoms. The molecule has 3 aromatic rings. The first-order valence-corrected chi connectivity index (χ1v) is 15.1. The highest BCUT2D eigenvalue weighted by molar-refractivity contribution is 5.97. The summed E-state index contributed by atoms with van der Waals surface area (Å²) in [5.74, 6) is -0.0981. The van der Waals surface area contributed by atoms with E-state index in [2.05, 4.69) is 10.6 Å². The van der Waals surface area contributed by atoms with E-state index < -0.39 is 11.9 Å². The van der Waals surface area contributed by atoms with Crippen molar-refractivity contribution in [1.82, 2.24) is 15.1 Å². The lowest BCUT2D eigenvalue weighted by Gasteiger charge is -2.34. The number of hydrogen-bond acceptors (Lipinski definition) is 6. The van der Waals surface area contributed by atoms with Gasteiger partial charge >= 0.3 is 0 Å². The molecule has 0 aromatic heterocycles. The number of nitrogens with one attached hydrogen (secondary N) is 2. The van der Waals surface area contributed by atoms with Crippen molar-refractivity contribution in [3.63, 3.8) is 0 Å². The second-order valence-electron chi connectivity index (χ2n) is 10.8. The molecule has 1 heterocycles. The first kappa shape index (κ1) is 32.6. The second-order valence-corrected chi connectivity index (χ2v) is 10.8. The molecule has 0 radical (unpaired) electrons. The zero-order valence-electron chi connectivity index (χ0n) is 25.3. The number of halogens is 1. The largest absolute Gasteiger partial charge is 0.457 e. The van der Waals surface area contributed by atoms with Crippen molar-refractivity contribution in [2.75, 3.05) is 44.6 Å². The lowest BCUT2D eigenvalue weighted by Crippen LogP contribution is -2.52. The van der Waals surface area contributed by atoms with Gasteiger partial charge in [0, 0.05) is 25.3 Å². The fraction of sp³-hybridized carbons (Fsp3) is 0.382. The number of nitrogens with zero attached hydrogens (tertiary/aromatic N) is 2. The van der Waals surface area contributed by atoms with Crippen LogP contribution in [0.3, 0.4) is 0 Å². The van der Waals surface area contributed by atoms with Crippen LogP contribution in [0.25, 0.3) is 0 Å². The predicted octanol–water partition coefficient (Wildman–Crippen LogP) is 4.84. The number of piperidine rings is 1. The summed E-state index contributed by atoms with van der Waals surface area (Å²) in [5.41, 5.74) is 1.46. The maximum absolute atomic E-state index is 13.3. The molecule has 234 valence electrons. The van der Waals surface area contributed by atoms with E-state index in [9.17, 15) is 18.8 Å². The Bertz CT molecular complexity index is 1350. The molecule has 2 N–H and O–H groups in total. The molecule has 0 saturated carbocycles. The third kappa shape index (κ3) is 9.89. The van der Waals surface area contributed by atoms with Crippen LogP contribution in [-0.4, -0.2) is 72.9 Å². The van der Waals surface area contributed by atoms with E-state index in [1.807, 2.05) is 54.0 Å². The van der Waals surface area contributed by atoms with E-state index in [1.54, 1.807) is 24.3 Å². The molecule has 4 rings (SSSR count). The van der Waals surface area contributed by atoms with Crippen LogP contribution in [0.2, 0.25) is 0 Å². The molecule has 1 aliphatic heterocycles. The molecule has 1 saturated heterocycles. The Morgan fingerprint density at radius 1 is 0.955 bits per heavy atom. The van der Waals surface area contributed by atoms with Crippen molar-refractivity contribution >= 4 is 23.4 Å². The third-order valence-corrected chi connectivity index (χ3v) is 7.52. The first-order valence-electron chi connectivity index (χ1n) is 15.1. The average Bonchev–Trinajstić information content (AvgIpc) is 3.03. The van der Waals surface area contributed by atoms with E-state index in [0.717, 1.165) is 18.4 Å². The van der Waals surface area contributed by atoms with Gasteiger partial charge in [-0.05, 0) is 87.3 Å². The molecule has 44 heavy (non-hydrogen) atoms. The number of benzene rings is 3. The molecular weight excluding hydrogens is 563 g/mol. The van der Waals surface area contributed by atoms with Gasteiger partial charge < -0.3 is 25.0 Å². The zero-order valence-corrected chi connectivity index (χ0v) is 25.3. The molecule has 1 unspecified atom stereocenters. The summed E-state index contributed by atoms with van der Waals surface area (Å²) in [6.07, 6.45) is 1.63. The minimum absolute atomic E-state index is 0.0265. The molecule has 0 spiro atoms. The topological polar surface area (TPSA) is 100 Å². The van der Waals surface area contributed by atoms with Gasteiger partial charge in [-0.15, -0.1) is 0 Å². The SMILES string of the molecule is CCN(CC)C(=O)C1CCCN(CC(=O)N[C@@H](COCc2ccccc2)C(=O)Nc2ccc(Oc3ccc(F)cc3)cc2)C1. The summed E-state index contributed by atoms with van der Waals surface area (Å²) in [6, 6.07) is 21.1. The van der Waals surface area contributed by atoms with Crippen LogP contribution in [0.4, 0.5) is 10.1 Å². The maximum atomic E-state index is 13.3. The van der Waals surface area contributed by atoms with Gasteiger partial charge in [-0.25, -0.2) is 4.39 Å². The van der Waals surface area contributed by atoms with Crippen LogP contribution in [0, 0.1) is 11.7 Å². The predicted molar refractivity (Wildman–Crippen MR) is 167 cm³/mol. The third-order valence-electron chi connectivity index (χ3n) is 7.52. The van der Waals surface area contributed by atoms with Crippen LogP contribution in [-0.2, 0) is 25.7 Å². The monoisotopic (exact) mass is 604 g/mol. The number of anilines is 1. The molecule has 3 aromatic carbocycles. The number of carbonyl (C=O) groups is 3. The van der Waals surface area contributed by atoms with Crippen molar-refractivity contribution < 1.29 is 28.2 Å². The van der Waals surface area contributed by atoms with E-state index in [1.165, 1.54) is 24.3 Å². The molecular formula is C34H41FN4O5. The first-order chi connectivity index (χ1) is 21.3. The van der Waals surface area contributed by atoms with E-state index in [4.69, 9.17) is 9.47 Å². The van der Waals surface area contributed by atoms with Crippen molar-refractivity contribution in [2.45, 2.75) is 39.3 Å². The smallest absolute Gasteiger partial charge is 0.249 e. The summed E-state index contributed by atoms with van der Waals surface area (Å²) < 4.78 is 24.7. The van der Waals surface area contributed by atoms with Crippen LogP contribution >= 0.6 is 0 Å². The second kappa shape index (κ2) is 16.5. The highest BCUT2D eigenvalue weighted by atomic mass is 19.1. The Kier molecular flexibility index (Phi) is 12.3. The Morgan fingerprint density at radius 2 is 1.61 bits per heavy atom. The molecule has 9 nitrogen and oxygen atoms in total. The van der Waals surface area contributed by atoms with Gasteiger partial charge in [0.05, 0.1) is 25.7 Å². The molecule has 1 aliphatic rings. The molecule has 3 amide bonds. The van der Waals surface area contributed by atoms with Gasteiger partial charge in [-0.1, -0.05) is 30.3 Å². The molecule has 1 fully saturated rings. The zero-order chi connectivity index (χ0) is 31.3. The minimum atomic E-state index is -0.945. The quantitative estimate of drug-likeness (QED) is 0.273. The molecule has 0 bridgehead atoms. The number of ether oxygens (including phenoxy) is 2. The van der Waals surface area contributed by atoms with Gasteiger partial charge in [0.25, 0.3) is 0 Å². The highest BCUT2D eigenvalue weighted by Gasteiger charge is 2.30. The lowest BCUT2D eigenvalue weighted by molar-refractivity contribution is -0.138. The number of likely N-dealkylation sites (tertiary alicyclic amines) is 1. The van der Waals surface area contributed by atoms with Gasteiger partial charge in [-0.3, -0.25) is 19.3 Å². The van der Waals surface area contributed by atoms with E-state index in [0.29, 0.717) is 43.4 Å². The normalized spacial score (nSPS) is 15.7. The Morgan fingerprint density at radius 3 is 2.27 bits per heavy atom. The summed E-state index contributed by atoms with van der Waals surface area (Å²) >= 11 is 0. The fourth-order valence-electron chi connectivity index (χ4n) is 5.16. The number of amides is 3. The lowest BCUT2D eigenvalue weighted by atomic mass is 9.96. The van der Waals surface area contributed by atoms with Crippen molar-refractivity contribution in [3.05, 3.63) is 90.2 Å². The average molecular weight is 605 g/mol. The van der Waals surface area contributed by atoms with Gasteiger partial charge in [0.15, 0.2) is 0 Å². The number of carbonyl (C=O) groups excluding carboxylic acids is 3. The summed E-state index contributed by atoms with van der Waals surface area (Å²) in [5, 5.41) is 5.68. The molecule has 0 aliphatic carbocycles. The number of hydrogen-bond donors (Lipinski definition) is 2. The van der Waals surface area contributed by atoms with Gasteiger partial charge in [-0.2, -0.15) is 0 Å². The Balaban J connectivity index is 1.36. The number of rotatable bonds is 14. The highest BCUT2D eigenvalue weighted by Crippen LogP contribution is 2.23. The van der Waals surface area contributed by atoms with Crippen molar-refractivity contribution in [2.24, 2.45) is 5.92 Å². The van der Waals surface area contributed by atoms with Gasteiger partial charge in [0.2, 0.25) is 17.7 Å². The van der Waals surface area contributed by atoms with Crippen LogP contribution in [0.15, 0.2) is 78.9 Å². The Labute approximate surface area is 258 Å². The summed E-state index contributed by atoms with van der Waals surface area (Å²) in [6.45, 7) is 6.83. The molecule has 2 atom stereocenters. The van der Waals surface area contributed by atoms with Crippen LogP contribution in [0.5, 0.6) is 11.5 Å². The summed E-state index contributed by atoms with van der Waals surface area (Å²) in [4.78, 5) is 43.2. The fourth-order valence-corrected chi connectivity index (χ4v) is 5.16. The van der Waals surface area contributed by atoms with Crippen LogP contribution < -0.4 is 15.4 Å². The van der Waals surface area contributed by atoms with Crippen LogP contribution in [0.1, 0.15) is 32.3 Å². The van der Waals surface area contributed by atoms with E-state index in [-0.39, 0.29) is 43.3 Å².